The first-order chi connectivity index (χ1) is 12.2. The molecule has 0 aliphatic heterocycles. The zero-order chi connectivity index (χ0) is 18.9. The van der Waals surface area contributed by atoms with Crippen LogP contribution in [-0.4, -0.2) is 26.9 Å². The number of benzene rings is 1. The second-order valence-corrected chi connectivity index (χ2v) is 5.35. The molecule has 1 amide bonds. The van der Waals surface area contributed by atoms with Crippen LogP contribution in [-0.2, 0) is 6.54 Å². The fourth-order valence-electron chi connectivity index (χ4n) is 2.42. The van der Waals surface area contributed by atoms with E-state index in [1.807, 2.05) is 0 Å². The van der Waals surface area contributed by atoms with Crippen LogP contribution in [0.5, 0.6) is 5.75 Å². The topological polar surface area (TPSA) is 68.5 Å². The average molecular weight is 368 g/mol. The van der Waals surface area contributed by atoms with Crippen LogP contribution >= 0.6 is 0 Å². The number of hydrogen-bond donors (Lipinski definition) is 1. The standard InChI is InChI=1S/C16H12F4N4O2/c1-9-11(13-4-5-21-8-24(13)23-9)7-22-15(25)10-2-3-14(12(17)6-10)26-16(18,19)20/h2-6,8H,7H2,1H3,(H,22,25). The van der Waals surface area contributed by atoms with E-state index in [-0.39, 0.29) is 12.1 Å². The Hall–Kier alpha value is -3.17. The van der Waals surface area contributed by atoms with Gasteiger partial charge in [-0.05, 0) is 31.2 Å². The molecule has 1 aromatic carbocycles. The number of aromatic nitrogens is 3. The summed E-state index contributed by atoms with van der Waals surface area (Å²) in [4.78, 5) is 16.1. The first-order valence-corrected chi connectivity index (χ1v) is 7.36. The maximum absolute atomic E-state index is 13.7. The van der Waals surface area contributed by atoms with Gasteiger partial charge in [-0.15, -0.1) is 13.2 Å². The Morgan fingerprint density at radius 2 is 2.08 bits per heavy atom. The van der Waals surface area contributed by atoms with Crippen LogP contribution in [0, 0.1) is 12.7 Å². The highest BCUT2D eigenvalue weighted by Crippen LogP contribution is 2.26. The average Bonchev–Trinajstić information content (AvgIpc) is 2.88. The third kappa shape index (κ3) is 3.73. The largest absolute Gasteiger partial charge is 0.573 e. The highest BCUT2D eigenvalue weighted by atomic mass is 19.4. The minimum absolute atomic E-state index is 0.112. The SMILES string of the molecule is Cc1nn2cnccc2c1CNC(=O)c1ccc(OC(F)(F)F)c(F)c1. The van der Waals surface area contributed by atoms with Gasteiger partial charge in [0.1, 0.15) is 6.33 Å². The van der Waals surface area contributed by atoms with Crippen molar-refractivity contribution in [1.29, 1.82) is 0 Å². The zero-order valence-corrected chi connectivity index (χ0v) is 13.3. The van der Waals surface area contributed by atoms with E-state index in [0.717, 1.165) is 23.2 Å². The molecule has 26 heavy (non-hydrogen) atoms. The molecule has 0 saturated heterocycles. The van der Waals surface area contributed by atoms with Crippen LogP contribution in [0.3, 0.4) is 0 Å². The molecule has 10 heteroatoms. The number of aryl methyl sites for hydroxylation is 1. The molecule has 0 atom stereocenters. The van der Waals surface area contributed by atoms with Gasteiger partial charge in [0.25, 0.3) is 5.91 Å². The van der Waals surface area contributed by atoms with Crippen LogP contribution in [0.25, 0.3) is 5.52 Å². The fourth-order valence-corrected chi connectivity index (χ4v) is 2.42. The molecule has 2 aromatic heterocycles. The molecule has 0 bridgehead atoms. The van der Waals surface area contributed by atoms with E-state index >= 15 is 0 Å². The second kappa shape index (κ2) is 6.62. The van der Waals surface area contributed by atoms with Gasteiger partial charge in [0.15, 0.2) is 11.6 Å². The molecule has 6 nitrogen and oxygen atoms in total. The van der Waals surface area contributed by atoms with Crippen LogP contribution in [0.1, 0.15) is 21.6 Å². The minimum atomic E-state index is -5.01. The van der Waals surface area contributed by atoms with Gasteiger partial charge in [-0.25, -0.2) is 13.9 Å². The second-order valence-electron chi connectivity index (χ2n) is 5.35. The van der Waals surface area contributed by atoms with E-state index in [1.54, 1.807) is 23.7 Å². The van der Waals surface area contributed by atoms with Crippen LogP contribution in [0.2, 0.25) is 0 Å². The molecular formula is C16H12F4N4O2. The highest BCUT2D eigenvalue weighted by Gasteiger charge is 2.32. The van der Waals surface area contributed by atoms with Crippen molar-refractivity contribution in [2.24, 2.45) is 0 Å². The first-order valence-electron chi connectivity index (χ1n) is 7.36. The van der Waals surface area contributed by atoms with E-state index < -0.39 is 23.8 Å². The van der Waals surface area contributed by atoms with E-state index in [4.69, 9.17) is 0 Å². The van der Waals surface area contributed by atoms with Crippen molar-refractivity contribution >= 4 is 11.4 Å². The quantitative estimate of drug-likeness (QED) is 0.719. The summed E-state index contributed by atoms with van der Waals surface area (Å²) in [6.07, 6.45) is -1.92. The lowest BCUT2D eigenvalue weighted by atomic mass is 10.1. The van der Waals surface area contributed by atoms with Crippen molar-refractivity contribution < 1.29 is 27.1 Å². The van der Waals surface area contributed by atoms with Gasteiger partial charge in [0, 0.05) is 23.9 Å². The number of halogens is 4. The molecule has 0 radical (unpaired) electrons. The Balaban J connectivity index is 1.74. The maximum atomic E-state index is 13.7. The number of nitrogens with zero attached hydrogens (tertiary/aromatic N) is 3. The Kier molecular flexibility index (Phi) is 4.49. The number of carbonyl (C=O) groups is 1. The number of hydrogen-bond acceptors (Lipinski definition) is 4. The summed E-state index contributed by atoms with van der Waals surface area (Å²) < 4.78 is 55.2. The van der Waals surface area contributed by atoms with Crippen molar-refractivity contribution in [2.45, 2.75) is 19.8 Å². The van der Waals surface area contributed by atoms with Gasteiger partial charge in [-0.3, -0.25) is 4.79 Å². The van der Waals surface area contributed by atoms with E-state index in [0.29, 0.717) is 11.8 Å². The predicted octanol–water partition coefficient (Wildman–Crippen LogP) is 3.01. The van der Waals surface area contributed by atoms with Gasteiger partial charge in [-0.1, -0.05) is 0 Å². The Morgan fingerprint density at radius 3 is 2.77 bits per heavy atom. The number of nitrogens with one attached hydrogen (secondary N) is 1. The molecular weight excluding hydrogens is 356 g/mol. The summed E-state index contributed by atoms with van der Waals surface area (Å²) in [5.74, 6) is -2.93. The third-order valence-corrected chi connectivity index (χ3v) is 3.59. The molecule has 3 rings (SSSR count). The number of fused-ring (bicyclic) bond motifs is 1. The highest BCUT2D eigenvalue weighted by molar-refractivity contribution is 5.94. The summed E-state index contributed by atoms with van der Waals surface area (Å²) in [5.41, 5.74) is 2.04. The summed E-state index contributed by atoms with van der Waals surface area (Å²) >= 11 is 0. The lowest BCUT2D eigenvalue weighted by Gasteiger charge is -2.10. The molecule has 1 N–H and O–H groups in total. The Bertz CT molecular complexity index is 969. The van der Waals surface area contributed by atoms with Gasteiger partial charge in [0.2, 0.25) is 0 Å². The zero-order valence-electron chi connectivity index (χ0n) is 13.3. The van der Waals surface area contributed by atoms with Crippen LogP contribution in [0.4, 0.5) is 17.6 Å². The maximum Gasteiger partial charge on any atom is 0.573 e. The lowest BCUT2D eigenvalue weighted by molar-refractivity contribution is -0.275. The summed E-state index contributed by atoms with van der Waals surface area (Å²) in [6.45, 7) is 1.87. The van der Waals surface area contributed by atoms with Crippen molar-refractivity contribution in [1.82, 2.24) is 19.9 Å². The van der Waals surface area contributed by atoms with Crippen molar-refractivity contribution in [3.8, 4) is 5.75 Å². The fraction of sp³-hybridized carbons (Fsp3) is 0.188. The van der Waals surface area contributed by atoms with Gasteiger partial charge in [0.05, 0.1) is 11.2 Å². The monoisotopic (exact) mass is 368 g/mol. The van der Waals surface area contributed by atoms with Crippen molar-refractivity contribution in [3.05, 3.63) is 59.4 Å². The number of carbonyl (C=O) groups excluding carboxylic acids is 1. The molecule has 0 aliphatic carbocycles. The summed E-state index contributed by atoms with van der Waals surface area (Å²) in [6, 6.07) is 4.21. The molecule has 3 aromatic rings. The normalized spacial score (nSPS) is 11.6. The Labute approximate surface area is 144 Å². The summed E-state index contributed by atoms with van der Waals surface area (Å²) in [7, 11) is 0. The number of alkyl halides is 3. The molecule has 0 spiro atoms. The molecule has 0 saturated carbocycles. The van der Waals surface area contributed by atoms with Gasteiger partial charge in [-0.2, -0.15) is 5.10 Å². The van der Waals surface area contributed by atoms with Crippen LogP contribution in [0.15, 0.2) is 36.8 Å². The van der Waals surface area contributed by atoms with Crippen LogP contribution < -0.4 is 10.1 Å². The van der Waals surface area contributed by atoms with E-state index in [2.05, 4.69) is 20.1 Å². The number of rotatable bonds is 4. The van der Waals surface area contributed by atoms with Gasteiger partial charge >= 0.3 is 6.36 Å². The first kappa shape index (κ1) is 17.6. The van der Waals surface area contributed by atoms with Gasteiger partial charge < -0.3 is 10.1 Å². The molecule has 2 heterocycles. The number of ether oxygens (including phenoxy) is 1. The molecule has 136 valence electrons. The smallest absolute Gasteiger partial charge is 0.403 e. The van der Waals surface area contributed by atoms with E-state index in [1.165, 1.54) is 6.33 Å². The lowest BCUT2D eigenvalue weighted by Crippen LogP contribution is -2.23. The van der Waals surface area contributed by atoms with Crippen molar-refractivity contribution in [2.75, 3.05) is 0 Å². The predicted molar refractivity (Wildman–Crippen MR) is 82.0 cm³/mol. The minimum Gasteiger partial charge on any atom is -0.403 e. The molecule has 0 aliphatic rings. The third-order valence-electron chi connectivity index (χ3n) is 3.59. The van der Waals surface area contributed by atoms with E-state index in [9.17, 15) is 22.4 Å². The Morgan fingerprint density at radius 1 is 1.31 bits per heavy atom. The summed E-state index contributed by atoms with van der Waals surface area (Å²) in [5, 5.41) is 6.83. The molecule has 0 fully saturated rings. The molecule has 0 unspecified atom stereocenters. The number of amides is 1. The van der Waals surface area contributed by atoms with Crippen molar-refractivity contribution in [3.63, 3.8) is 0 Å².